The Kier molecular flexibility index (Phi) is 7.33. The molecular weight excluding hydrogens is 448 g/mol. The molecule has 0 spiro atoms. The molecule has 2 amide bonds. The number of thioether (sulfide) groups is 1. The summed E-state index contributed by atoms with van der Waals surface area (Å²) in [7, 11) is 0. The van der Waals surface area contributed by atoms with Gasteiger partial charge in [0.25, 0.3) is 5.91 Å². The number of hydrogen-bond acceptors (Lipinski definition) is 10. The van der Waals surface area contributed by atoms with Gasteiger partial charge in [-0.1, -0.05) is 6.07 Å². The fourth-order valence-electron chi connectivity index (χ4n) is 3.00. The van der Waals surface area contributed by atoms with E-state index >= 15 is 0 Å². The molecule has 0 radical (unpaired) electrons. The number of amides is 2. The van der Waals surface area contributed by atoms with Crippen LogP contribution in [0.25, 0.3) is 0 Å². The average Bonchev–Trinajstić information content (AvgIpc) is 3.22. The first-order valence-electron chi connectivity index (χ1n) is 9.20. The molecule has 1 aromatic rings. The summed E-state index contributed by atoms with van der Waals surface area (Å²) < 4.78 is 14.5. The zero-order valence-electron chi connectivity index (χ0n) is 16.7. The number of ether oxygens (including phenoxy) is 3. The van der Waals surface area contributed by atoms with E-state index in [1.165, 1.54) is 34.9 Å². The topological polar surface area (TPSA) is 128 Å². The Morgan fingerprint density at radius 3 is 2.55 bits per heavy atom. The molecule has 0 bridgehead atoms. The number of nitrogens with zero attached hydrogens (tertiary/aromatic N) is 1. The first kappa shape index (κ1) is 22.8. The van der Waals surface area contributed by atoms with E-state index in [0.717, 1.165) is 11.8 Å². The maximum atomic E-state index is 12.8. The maximum Gasteiger partial charge on any atom is 0.358 e. The van der Waals surface area contributed by atoms with Crippen molar-refractivity contribution >= 4 is 52.8 Å². The smallest absolute Gasteiger partial charge is 0.358 e. The second-order valence-electron chi connectivity index (χ2n) is 6.63. The standard InChI is InChI=1S/C19H20N2O8S2/c1-10(22)27-7-12-8-31-18-15(20-14(24)6-13-4-3-5-30-13)17(25)21(18)16(12)19(26)29-9-28-11(2)23/h3-5,15,18H,6-9H2,1-2H3,(H,20,24)/t15?,18-/m1/s1. The van der Waals surface area contributed by atoms with Crippen molar-refractivity contribution in [2.24, 2.45) is 0 Å². The van der Waals surface area contributed by atoms with E-state index < -0.39 is 42.0 Å². The van der Waals surface area contributed by atoms with Gasteiger partial charge in [0, 0.05) is 30.1 Å². The van der Waals surface area contributed by atoms with Gasteiger partial charge in [-0.05, 0) is 11.4 Å². The molecule has 3 heterocycles. The van der Waals surface area contributed by atoms with Gasteiger partial charge in [-0.2, -0.15) is 0 Å². The van der Waals surface area contributed by atoms with Gasteiger partial charge in [-0.15, -0.1) is 23.1 Å². The summed E-state index contributed by atoms with van der Waals surface area (Å²) in [5, 5.41) is 4.07. The zero-order chi connectivity index (χ0) is 22.5. The summed E-state index contributed by atoms with van der Waals surface area (Å²) in [6.45, 7) is 1.59. The molecule has 2 aliphatic heterocycles. The fourth-order valence-corrected chi connectivity index (χ4v) is 5.03. The Morgan fingerprint density at radius 1 is 1.16 bits per heavy atom. The summed E-state index contributed by atoms with van der Waals surface area (Å²) in [4.78, 5) is 61.9. The van der Waals surface area contributed by atoms with Gasteiger partial charge in [0.05, 0.1) is 6.42 Å². The van der Waals surface area contributed by atoms with Gasteiger partial charge >= 0.3 is 17.9 Å². The third-order valence-corrected chi connectivity index (χ3v) is 6.59. The third-order valence-electron chi connectivity index (χ3n) is 4.37. The molecule has 166 valence electrons. The lowest BCUT2D eigenvalue weighted by Gasteiger charge is -2.49. The normalized spacial score (nSPS) is 19.8. The van der Waals surface area contributed by atoms with Crippen molar-refractivity contribution in [3.05, 3.63) is 33.7 Å². The van der Waals surface area contributed by atoms with Gasteiger partial charge in [-0.25, -0.2) is 4.79 Å². The van der Waals surface area contributed by atoms with Crippen molar-refractivity contribution in [3.8, 4) is 0 Å². The number of nitrogens with one attached hydrogen (secondary N) is 1. The fraction of sp³-hybridized carbons (Fsp3) is 0.421. The quantitative estimate of drug-likeness (QED) is 0.331. The van der Waals surface area contributed by atoms with Gasteiger partial charge < -0.3 is 19.5 Å². The largest absolute Gasteiger partial charge is 0.461 e. The van der Waals surface area contributed by atoms with E-state index in [2.05, 4.69) is 10.1 Å². The van der Waals surface area contributed by atoms with Crippen LogP contribution in [0.2, 0.25) is 0 Å². The number of carbonyl (C=O) groups is 5. The van der Waals surface area contributed by atoms with Crippen molar-refractivity contribution in [2.45, 2.75) is 31.7 Å². The van der Waals surface area contributed by atoms with Crippen molar-refractivity contribution in [1.82, 2.24) is 10.2 Å². The molecule has 1 fully saturated rings. The van der Waals surface area contributed by atoms with Crippen LogP contribution in [-0.4, -0.2) is 65.2 Å². The number of thiophene rings is 1. The second-order valence-corrected chi connectivity index (χ2v) is 8.77. The van der Waals surface area contributed by atoms with Crippen LogP contribution in [0.1, 0.15) is 18.7 Å². The van der Waals surface area contributed by atoms with E-state index in [9.17, 15) is 24.0 Å². The van der Waals surface area contributed by atoms with Crippen LogP contribution in [0.15, 0.2) is 28.8 Å². The molecule has 1 N–H and O–H groups in total. The highest BCUT2D eigenvalue weighted by Gasteiger charge is 2.54. The highest BCUT2D eigenvalue weighted by molar-refractivity contribution is 8.00. The molecule has 1 unspecified atom stereocenters. The van der Waals surface area contributed by atoms with Crippen molar-refractivity contribution in [3.63, 3.8) is 0 Å². The lowest BCUT2D eigenvalue weighted by molar-refractivity contribution is -0.167. The van der Waals surface area contributed by atoms with Crippen molar-refractivity contribution in [2.75, 3.05) is 19.2 Å². The highest BCUT2D eigenvalue weighted by atomic mass is 32.2. The molecule has 0 aliphatic carbocycles. The molecule has 0 aromatic carbocycles. The van der Waals surface area contributed by atoms with E-state index in [0.29, 0.717) is 5.57 Å². The summed E-state index contributed by atoms with van der Waals surface area (Å²) in [5.74, 6) is -2.54. The molecule has 2 aliphatic rings. The number of rotatable bonds is 8. The summed E-state index contributed by atoms with van der Waals surface area (Å²) in [6.07, 6.45) is 0.156. The first-order chi connectivity index (χ1) is 14.8. The maximum absolute atomic E-state index is 12.8. The summed E-state index contributed by atoms with van der Waals surface area (Å²) >= 11 is 2.78. The van der Waals surface area contributed by atoms with Crippen LogP contribution in [-0.2, 0) is 44.6 Å². The Morgan fingerprint density at radius 2 is 1.90 bits per heavy atom. The Bertz CT molecular complexity index is 927. The lowest BCUT2D eigenvalue weighted by atomic mass is 10.0. The van der Waals surface area contributed by atoms with Crippen LogP contribution >= 0.6 is 23.1 Å². The Balaban J connectivity index is 1.71. The van der Waals surface area contributed by atoms with Crippen LogP contribution < -0.4 is 5.32 Å². The van der Waals surface area contributed by atoms with Crippen molar-refractivity contribution in [1.29, 1.82) is 0 Å². The Labute approximate surface area is 185 Å². The van der Waals surface area contributed by atoms with Crippen molar-refractivity contribution < 1.29 is 38.2 Å². The molecular formula is C19H20N2O8S2. The monoisotopic (exact) mass is 468 g/mol. The van der Waals surface area contributed by atoms with Gasteiger partial charge in [0.1, 0.15) is 23.7 Å². The highest BCUT2D eigenvalue weighted by Crippen LogP contribution is 2.40. The number of β-lactam (4-membered cyclic amide) rings is 1. The number of esters is 3. The van der Waals surface area contributed by atoms with E-state index in [1.807, 2.05) is 17.5 Å². The first-order valence-corrected chi connectivity index (χ1v) is 11.1. The number of fused-ring (bicyclic) bond motifs is 1. The molecule has 2 atom stereocenters. The van der Waals surface area contributed by atoms with Gasteiger partial charge in [0.15, 0.2) is 0 Å². The second kappa shape index (κ2) is 9.96. The molecule has 3 rings (SSSR count). The minimum absolute atomic E-state index is 0.0640. The SMILES string of the molecule is CC(=O)OCOC(=O)C1=C(COC(C)=O)CS[C@@H]2C(NC(=O)Cc3cccs3)C(=O)N12. The van der Waals surface area contributed by atoms with Gasteiger partial charge in [0.2, 0.25) is 12.7 Å². The minimum atomic E-state index is -0.884. The van der Waals surface area contributed by atoms with E-state index in [-0.39, 0.29) is 30.4 Å². The predicted octanol–water partition coefficient (Wildman–Crippen LogP) is 0.572. The third kappa shape index (κ3) is 5.44. The molecule has 1 saturated heterocycles. The molecule has 0 saturated carbocycles. The van der Waals surface area contributed by atoms with Crippen LogP contribution in [0.5, 0.6) is 0 Å². The summed E-state index contributed by atoms with van der Waals surface area (Å²) in [6, 6.07) is 2.88. The number of carbonyl (C=O) groups excluding carboxylic acids is 5. The predicted molar refractivity (Wildman–Crippen MR) is 109 cm³/mol. The molecule has 12 heteroatoms. The molecule has 1 aromatic heterocycles. The minimum Gasteiger partial charge on any atom is -0.461 e. The van der Waals surface area contributed by atoms with E-state index in [1.54, 1.807) is 0 Å². The van der Waals surface area contributed by atoms with Crippen LogP contribution in [0.4, 0.5) is 0 Å². The average molecular weight is 469 g/mol. The lowest BCUT2D eigenvalue weighted by Crippen LogP contribution is -2.70. The zero-order valence-corrected chi connectivity index (χ0v) is 18.4. The van der Waals surface area contributed by atoms with E-state index in [4.69, 9.17) is 9.47 Å². The van der Waals surface area contributed by atoms with Crippen LogP contribution in [0, 0.1) is 0 Å². The number of hydrogen-bond donors (Lipinski definition) is 1. The molecule has 31 heavy (non-hydrogen) atoms. The summed E-state index contributed by atoms with van der Waals surface area (Å²) in [5.41, 5.74) is 0.326. The van der Waals surface area contributed by atoms with Crippen LogP contribution in [0.3, 0.4) is 0 Å². The van der Waals surface area contributed by atoms with Gasteiger partial charge in [-0.3, -0.25) is 24.1 Å². The Hall–Kier alpha value is -2.86. The molecule has 10 nitrogen and oxygen atoms in total.